The number of fused-ring (bicyclic) bond motifs is 6. The van der Waals surface area contributed by atoms with Gasteiger partial charge in [-0.05, 0) is 72.1 Å². The summed E-state index contributed by atoms with van der Waals surface area (Å²) >= 11 is 3.38. The second-order valence-electron chi connectivity index (χ2n) is 9.17. The van der Waals surface area contributed by atoms with Crippen molar-refractivity contribution in [3.8, 4) is 12.1 Å². The molecule has 2 heterocycles. The van der Waals surface area contributed by atoms with Crippen molar-refractivity contribution >= 4 is 85.8 Å². The molecule has 0 atom stereocenters. The van der Waals surface area contributed by atoms with Crippen molar-refractivity contribution in [2.24, 2.45) is 0 Å². The third-order valence-corrected chi connectivity index (χ3v) is 9.16. The van der Waals surface area contributed by atoms with Crippen LogP contribution < -0.4 is 4.90 Å². The predicted molar refractivity (Wildman–Crippen MR) is 163 cm³/mol. The Labute approximate surface area is 232 Å². The van der Waals surface area contributed by atoms with Gasteiger partial charge in [0.2, 0.25) is 0 Å². The summed E-state index contributed by atoms with van der Waals surface area (Å²) in [6.07, 6.45) is 0. The molecule has 0 unspecified atom stereocenters. The molecule has 7 rings (SSSR count). The summed E-state index contributed by atoms with van der Waals surface area (Å²) in [4.78, 5) is 5.80. The van der Waals surface area contributed by atoms with E-state index in [9.17, 15) is 10.5 Å². The summed E-state index contributed by atoms with van der Waals surface area (Å²) < 4.78 is 4.49. The number of anilines is 3. The number of rotatable bonds is 3. The molecule has 0 saturated heterocycles. The van der Waals surface area contributed by atoms with Crippen molar-refractivity contribution in [2.45, 2.75) is 0 Å². The van der Waals surface area contributed by atoms with Crippen LogP contribution >= 0.6 is 22.7 Å². The van der Waals surface area contributed by atoms with Crippen LogP contribution in [0.15, 0.2) is 97.1 Å². The second kappa shape index (κ2) is 8.98. The first-order valence-electron chi connectivity index (χ1n) is 12.2. The maximum absolute atomic E-state index is 9.35. The molecule has 39 heavy (non-hydrogen) atoms. The highest BCUT2D eigenvalue weighted by molar-refractivity contribution is 7.26. The third-order valence-electron chi connectivity index (χ3n) is 6.93. The number of hydrogen-bond donors (Lipinski definition) is 0. The first kappa shape index (κ1) is 23.0. The fourth-order valence-corrected chi connectivity index (χ4v) is 7.42. The van der Waals surface area contributed by atoms with Crippen molar-refractivity contribution < 1.29 is 0 Å². The highest BCUT2D eigenvalue weighted by Crippen LogP contribution is 2.43. The molecule has 4 nitrogen and oxygen atoms in total. The smallest absolute Gasteiger partial charge is 0.188 e. The van der Waals surface area contributed by atoms with Gasteiger partial charge in [0.25, 0.3) is 0 Å². The van der Waals surface area contributed by atoms with Gasteiger partial charge in [0.1, 0.15) is 0 Å². The summed E-state index contributed by atoms with van der Waals surface area (Å²) in [5.41, 5.74) is 4.89. The molecule has 7 aromatic rings. The van der Waals surface area contributed by atoms with Gasteiger partial charge in [-0.25, -0.2) is 4.85 Å². The van der Waals surface area contributed by atoms with Crippen LogP contribution in [-0.4, -0.2) is 0 Å². The molecule has 5 aromatic carbocycles. The summed E-state index contributed by atoms with van der Waals surface area (Å²) in [5.74, 6) is 0. The minimum Gasteiger partial charge on any atom is -0.310 e. The van der Waals surface area contributed by atoms with E-state index in [-0.39, 0.29) is 0 Å². The van der Waals surface area contributed by atoms with Crippen molar-refractivity contribution in [3.63, 3.8) is 0 Å². The molecule has 0 radical (unpaired) electrons. The summed E-state index contributed by atoms with van der Waals surface area (Å²) in [7, 11) is 0. The van der Waals surface area contributed by atoms with E-state index >= 15 is 0 Å². The van der Waals surface area contributed by atoms with Crippen LogP contribution in [0, 0.1) is 29.2 Å². The largest absolute Gasteiger partial charge is 0.310 e. The first-order chi connectivity index (χ1) is 19.1. The fraction of sp³-hybridized carbons (Fsp3) is 0. The molecule has 2 aromatic heterocycles. The lowest BCUT2D eigenvalue weighted by Gasteiger charge is -2.25. The predicted octanol–water partition coefficient (Wildman–Crippen LogP) is 10.2. The highest BCUT2D eigenvalue weighted by Gasteiger charge is 2.17. The minimum atomic E-state index is 0.613. The molecule has 0 aliphatic rings. The zero-order valence-corrected chi connectivity index (χ0v) is 22.0. The maximum Gasteiger partial charge on any atom is 0.188 e. The van der Waals surface area contributed by atoms with Gasteiger partial charge in [-0.3, -0.25) is 0 Å². The standard InChI is InChI=1S/C33H16N4S2/c1-36-22-5-11-27-29-13-9-25(17-33(29)39-31(27)15-22)37(23-6-2-20(18-34)3-7-23)24-8-12-28-26-10-4-21(19-35)14-30(26)38-32(28)16-24/h2-17H. The van der Waals surface area contributed by atoms with Crippen molar-refractivity contribution in [1.29, 1.82) is 10.5 Å². The number of hydrogen-bond acceptors (Lipinski definition) is 5. The summed E-state index contributed by atoms with van der Waals surface area (Å²) in [5, 5.41) is 23.3. The Kier molecular flexibility index (Phi) is 5.29. The van der Waals surface area contributed by atoms with E-state index in [2.05, 4.69) is 58.3 Å². The number of thiophene rings is 2. The Morgan fingerprint density at radius 1 is 0.538 bits per heavy atom. The molecule has 0 spiro atoms. The zero-order chi connectivity index (χ0) is 26.5. The van der Waals surface area contributed by atoms with Crippen LogP contribution in [0.25, 0.3) is 45.2 Å². The monoisotopic (exact) mass is 532 g/mol. The molecular weight excluding hydrogens is 517 g/mol. The van der Waals surface area contributed by atoms with Gasteiger partial charge < -0.3 is 4.90 Å². The number of nitrogens with zero attached hydrogens (tertiary/aromatic N) is 4. The van der Waals surface area contributed by atoms with E-state index in [1.165, 1.54) is 10.8 Å². The van der Waals surface area contributed by atoms with Gasteiger partial charge in [0.15, 0.2) is 5.69 Å². The van der Waals surface area contributed by atoms with Crippen molar-refractivity contribution in [3.05, 3.63) is 120 Å². The van der Waals surface area contributed by atoms with Gasteiger partial charge in [-0.2, -0.15) is 10.5 Å². The molecule has 0 N–H and O–H groups in total. The van der Waals surface area contributed by atoms with Crippen LogP contribution in [-0.2, 0) is 0 Å². The Morgan fingerprint density at radius 2 is 1.00 bits per heavy atom. The van der Waals surface area contributed by atoms with E-state index in [4.69, 9.17) is 6.57 Å². The Morgan fingerprint density at radius 3 is 1.56 bits per heavy atom. The molecule has 0 bridgehead atoms. The molecule has 6 heteroatoms. The Hall–Kier alpha value is -5.19. The summed E-state index contributed by atoms with van der Waals surface area (Å²) in [6.45, 7) is 7.37. The topological polar surface area (TPSA) is 55.2 Å². The molecule has 0 amide bonds. The van der Waals surface area contributed by atoms with Gasteiger partial charge in [0, 0.05) is 52.0 Å². The van der Waals surface area contributed by atoms with Gasteiger partial charge in [0.05, 0.1) is 29.8 Å². The van der Waals surface area contributed by atoms with Crippen LogP contribution in [0.1, 0.15) is 11.1 Å². The van der Waals surface area contributed by atoms with Crippen LogP contribution in [0.4, 0.5) is 22.7 Å². The van der Waals surface area contributed by atoms with Gasteiger partial charge in [-0.15, -0.1) is 22.7 Å². The highest BCUT2D eigenvalue weighted by atomic mass is 32.1. The third kappa shape index (κ3) is 3.78. The lowest BCUT2D eigenvalue weighted by Crippen LogP contribution is -2.09. The van der Waals surface area contributed by atoms with E-state index in [1.807, 2.05) is 60.7 Å². The molecule has 0 aliphatic heterocycles. The average Bonchev–Trinajstić information content (AvgIpc) is 3.53. The molecule has 0 saturated carbocycles. The lowest BCUT2D eigenvalue weighted by atomic mass is 10.1. The van der Waals surface area contributed by atoms with E-state index in [0.29, 0.717) is 16.8 Å². The summed E-state index contributed by atoms with van der Waals surface area (Å²) in [6, 6.07) is 36.7. The SMILES string of the molecule is [C-]#[N+]c1ccc2c(c1)sc1cc(N(c3ccc(C#N)cc3)c3ccc4c(c3)sc3cc(C#N)ccc34)ccc12. The van der Waals surface area contributed by atoms with Crippen molar-refractivity contribution in [1.82, 2.24) is 0 Å². The minimum absolute atomic E-state index is 0.613. The normalized spacial score (nSPS) is 11.0. The molecule has 0 aliphatic carbocycles. The van der Waals surface area contributed by atoms with Crippen molar-refractivity contribution in [2.75, 3.05) is 4.90 Å². The van der Waals surface area contributed by atoms with Crippen LogP contribution in [0.3, 0.4) is 0 Å². The van der Waals surface area contributed by atoms with Gasteiger partial charge in [-0.1, -0.05) is 30.3 Å². The zero-order valence-electron chi connectivity index (χ0n) is 20.3. The Bertz CT molecular complexity index is 2090. The van der Waals surface area contributed by atoms with Gasteiger partial charge >= 0.3 is 0 Å². The quantitative estimate of drug-likeness (QED) is 0.213. The van der Waals surface area contributed by atoms with Crippen LogP contribution in [0.5, 0.6) is 0 Å². The number of benzene rings is 5. The maximum atomic E-state index is 9.35. The first-order valence-corrected chi connectivity index (χ1v) is 13.8. The average molecular weight is 533 g/mol. The molecule has 180 valence electrons. The van der Waals surface area contributed by atoms with E-state index in [0.717, 1.165) is 46.6 Å². The lowest BCUT2D eigenvalue weighted by molar-refractivity contribution is 1.29. The molecular formula is C33H16N4S2. The second-order valence-corrected chi connectivity index (χ2v) is 11.3. The van der Waals surface area contributed by atoms with E-state index in [1.54, 1.807) is 22.7 Å². The Balaban J connectivity index is 1.42. The fourth-order valence-electron chi connectivity index (χ4n) is 5.07. The molecule has 0 fully saturated rings. The van der Waals surface area contributed by atoms with Crippen LogP contribution in [0.2, 0.25) is 0 Å². The van der Waals surface area contributed by atoms with E-state index < -0.39 is 0 Å². The number of nitriles is 2.